The van der Waals surface area contributed by atoms with Crippen LogP contribution in [0.5, 0.6) is 0 Å². The predicted octanol–water partition coefficient (Wildman–Crippen LogP) is 1.60. The van der Waals surface area contributed by atoms with Crippen molar-refractivity contribution >= 4 is 24.5 Å². The zero-order valence-electron chi connectivity index (χ0n) is 11.0. The molecule has 0 aliphatic carbocycles. The monoisotopic (exact) mass is 281 g/mol. The van der Waals surface area contributed by atoms with Gasteiger partial charge in [-0.05, 0) is 18.9 Å². The third kappa shape index (κ3) is 5.79. The van der Waals surface area contributed by atoms with Crippen molar-refractivity contribution < 1.29 is 14.3 Å². The van der Waals surface area contributed by atoms with Crippen LogP contribution in [-0.2, 0) is 20.7 Å². The van der Waals surface area contributed by atoms with Gasteiger partial charge < -0.3 is 10.1 Å². The minimum absolute atomic E-state index is 0.170. The standard InChI is InChI=1S/C14H19NO3S/c1-2-18-14(17)12(10-19)15-13(16)9-8-11-6-4-3-5-7-11/h3-7,12,19H,2,8-10H2,1H3,(H,15,16)/t12-/m0/s1. The molecule has 0 aliphatic heterocycles. The molecule has 0 saturated carbocycles. The number of carbonyl (C=O) groups excluding carboxylic acids is 2. The van der Waals surface area contributed by atoms with Gasteiger partial charge in [0.25, 0.3) is 0 Å². The average Bonchev–Trinajstić information content (AvgIpc) is 2.44. The maximum Gasteiger partial charge on any atom is 0.329 e. The molecule has 0 aliphatic rings. The number of hydrogen-bond donors (Lipinski definition) is 2. The maximum absolute atomic E-state index is 11.7. The van der Waals surface area contributed by atoms with Gasteiger partial charge in [0.1, 0.15) is 6.04 Å². The summed E-state index contributed by atoms with van der Waals surface area (Å²) >= 11 is 4.04. The van der Waals surface area contributed by atoms with Gasteiger partial charge in [0.05, 0.1) is 6.61 Å². The fourth-order valence-corrected chi connectivity index (χ4v) is 1.83. The van der Waals surface area contributed by atoms with Crippen molar-refractivity contribution in [1.82, 2.24) is 5.32 Å². The van der Waals surface area contributed by atoms with Crippen LogP contribution in [0.25, 0.3) is 0 Å². The zero-order valence-corrected chi connectivity index (χ0v) is 11.9. The van der Waals surface area contributed by atoms with E-state index in [1.54, 1.807) is 6.92 Å². The summed E-state index contributed by atoms with van der Waals surface area (Å²) in [4.78, 5) is 23.2. The summed E-state index contributed by atoms with van der Waals surface area (Å²) in [7, 11) is 0. The molecule has 0 heterocycles. The van der Waals surface area contributed by atoms with Gasteiger partial charge in [-0.3, -0.25) is 4.79 Å². The number of esters is 1. The molecule has 0 unspecified atom stereocenters. The van der Waals surface area contributed by atoms with Crippen LogP contribution in [0.1, 0.15) is 18.9 Å². The second-order valence-electron chi connectivity index (χ2n) is 4.04. The van der Waals surface area contributed by atoms with E-state index in [1.165, 1.54) is 0 Å². The summed E-state index contributed by atoms with van der Waals surface area (Å²) in [5.41, 5.74) is 1.09. The molecule has 5 heteroatoms. The zero-order chi connectivity index (χ0) is 14.1. The van der Waals surface area contributed by atoms with E-state index in [0.29, 0.717) is 19.4 Å². The summed E-state index contributed by atoms with van der Waals surface area (Å²) in [6.45, 7) is 2.02. The molecular formula is C14H19NO3S. The van der Waals surface area contributed by atoms with Gasteiger partial charge >= 0.3 is 5.97 Å². The fraction of sp³-hybridized carbons (Fsp3) is 0.429. The van der Waals surface area contributed by atoms with E-state index in [2.05, 4.69) is 17.9 Å². The molecule has 1 aromatic rings. The van der Waals surface area contributed by atoms with Crippen molar-refractivity contribution in [2.24, 2.45) is 0 Å². The molecule has 0 fully saturated rings. The van der Waals surface area contributed by atoms with Crippen LogP contribution in [0.15, 0.2) is 30.3 Å². The van der Waals surface area contributed by atoms with Crippen LogP contribution in [0.3, 0.4) is 0 Å². The number of nitrogens with one attached hydrogen (secondary N) is 1. The summed E-state index contributed by atoms with van der Waals surface area (Å²) in [5, 5.41) is 2.63. The van der Waals surface area contributed by atoms with E-state index in [9.17, 15) is 9.59 Å². The van der Waals surface area contributed by atoms with E-state index < -0.39 is 12.0 Å². The molecule has 1 atom stereocenters. The summed E-state index contributed by atoms with van der Waals surface area (Å²) in [5.74, 6) is -0.378. The number of hydrogen-bond acceptors (Lipinski definition) is 4. The Labute approximate surface area is 118 Å². The Morgan fingerprint density at radius 3 is 2.58 bits per heavy atom. The van der Waals surface area contributed by atoms with Gasteiger partial charge in [-0.2, -0.15) is 12.6 Å². The van der Waals surface area contributed by atoms with Crippen molar-refractivity contribution in [2.75, 3.05) is 12.4 Å². The molecule has 104 valence electrons. The third-order valence-electron chi connectivity index (χ3n) is 2.57. The number of aryl methyl sites for hydroxylation is 1. The van der Waals surface area contributed by atoms with Gasteiger partial charge in [-0.1, -0.05) is 30.3 Å². The van der Waals surface area contributed by atoms with Gasteiger partial charge in [-0.25, -0.2) is 4.79 Å². The van der Waals surface area contributed by atoms with Crippen LogP contribution in [0.2, 0.25) is 0 Å². The Hall–Kier alpha value is -1.49. The average molecular weight is 281 g/mol. The van der Waals surface area contributed by atoms with Gasteiger partial charge in [0, 0.05) is 12.2 Å². The Morgan fingerprint density at radius 1 is 1.32 bits per heavy atom. The minimum atomic E-state index is -0.674. The molecular weight excluding hydrogens is 262 g/mol. The number of ether oxygens (including phenoxy) is 1. The third-order valence-corrected chi connectivity index (χ3v) is 2.94. The number of rotatable bonds is 7. The maximum atomic E-state index is 11.7. The quantitative estimate of drug-likeness (QED) is 0.589. The van der Waals surface area contributed by atoms with Crippen molar-refractivity contribution in [3.05, 3.63) is 35.9 Å². The molecule has 0 bridgehead atoms. The molecule has 0 saturated heterocycles. The highest BCUT2D eigenvalue weighted by Crippen LogP contribution is 2.03. The highest BCUT2D eigenvalue weighted by atomic mass is 32.1. The second-order valence-corrected chi connectivity index (χ2v) is 4.41. The first-order chi connectivity index (χ1) is 9.17. The van der Waals surface area contributed by atoms with Crippen molar-refractivity contribution in [1.29, 1.82) is 0 Å². The summed E-state index contributed by atoms with van der Waals surface area (Å²) in [6, 6.07) is 9.06. The lowest BCUT2D eigenvalue weighted by Gasteiger charge is -2.14. The Bertz CT molecular complexity index is 408. The number of benzene rings is 1. The molecule has 1 N–H and O–H groups in total. The summed E-state index contributed by atoms with van der Waals surface area (Å²) < 4.78 is 4.86. The molecule has 4 nitrogen and oxygen atoms in total. The van der Waals surface area contributed by atoms with Crippen LogP contribution in [-0.4, -0.2) is 30.3 Å². The first-order valence-corrected chi connectivity index (χ1v) is 6.91. The molecule has 19 heavy (non-hydrogen) atoms. The molecule has 1 amide bonds. The largest absolute Gasteiger partial charge is 0.464 e. The van der Waals surface area contributed by atoms with Gasteiger partial charge in [-0.15, -0.1) is 0 Å². The lowest BCUT2D eigenvalue weighted by Crippen LogP contribution is -2.43. The van der Waals surface area contributed by atoms with Crippen LogP contribution < -0.4 is 5.32 Å². The predicted molar refractivity (Wildman–Crippen MR) is 77.2 cm³/mol. The SMILES string of the molecule is CCOC(=O)[C@H](CS)NC(=O)CCc1ccccc1. The van der Waals surface area contributed by atoms with Gasteiger partial charge in [0.2, 0.25) is 5.91 Å². The van der Waals surface area contributed by atoms with Crippen LogP contribution in [0, 0.1) is 0 Å². The van der Waals surface area contributed by atoms with Crippen LogP contribution >= 0.6 is 12.6 Å². The fourth-order valence-electron chi connectivity index (χ4n) is 1.59. The molecule has 1 aromatic carbocycles. The van der Waals surface area contributed by atoms with E-state index in [4.69, 9.17) is 4.74 Å². The molecule has 1 rings (SSSR count). The summed E-state index contributed by atoms with van der Waals surface area (Å²) in [6.07, 6.45) is 0.989. The van der Waals surface area contributed by atoms with E-state index in [1.807, 2.05) is 30.3 Å². The number of carbonyl (C=O) groups is 2. The lowest BCUT2D eigenvalue weighted by atomic mass is 10.1. The van der Waals surface area contributed by atoms with Gasteiger partial charge in [0.15, 0.2) is 0 Å². The molecule has 0 aromatic heterocycles. The number of amides is 1. The van der Waals surface area contributed by atoms with E-state index in [-0.39, 0.29) is 11.7 Å². The number of thiol groups is 1. The lowest BCUT2D eigenvalue weighted by molar-refractivity contribution is -0.146. The Balaban J connectivity index is 2.39. The Morgan fingerprint density at radius 2 is 2.00 bits per heavy atom. The highest BCUT2D eigenvalue weighted by molar-refractivity contribution is 7.80. The van der Waals surface area contributed by atoms with Crippen molar-refractivity contribution in [3.8, 4) is 0 Å². The molecule has 0 spiro atoms. The first kappa shape index (κ1) is 15.6. The van der Waals surface area contributed by atoms with Crippen molar-refractivity contribution in [2.45, 2.75) is 25.8 Å². The highest BCUT2D eigenvalue weighted by Gasteiger charge is 2.19. The van der Waals surface area contributed by atoms with Crippen molar-refractivity contribution in [3.63, 3.8) is 0 Å². The topological polar surface area (TPSA) is 55.4 Å². The van der Waals surface area contributed by atoms with E-state index in [0.717, 1.165) is 5.56 Å². The van der Waals surface area contributed by atoms with E-state index >= 15 is 0 Å². The molecule has 0 radical (unpaired) electrons. The first-order valence-electron chi connectivity index (χ1n) is 6.28. The normalized spacial score (nSPS) is 11.7. The Kier molecular flexibility index (Phi) is 7.03. The second kappa shape index (κ2) is 8.58. The smallest absolute Gasteiger partial charge is 0.329 e. The van der Waals surface area contributed by atoms with Crippen LogP contribution in [0.4, 0.5) is 0 Å². The minimum Gasteiger partial charge on any atom is -0.464 e.